The second-order valence-corrected chi connectivity index (χ2v) is 6.73. The highest BCUT2D eigenvalue weighted by molar-refractivity contribution is 7.90. The minimum absolute atomic E-state index is 0.139. The van der Waals surface area contributed by atoms with E-state index in [1.54, 1.807) is 19.1 Å². The van der Waals surface area contributed by atoms with Crippen LogP contribution in [0.3, 0.4) is 0 Å². The number of carbonyl (C=O) groups is 1. The van der Waals surface area contributed by atoms with Gasteiger partial charge < -0.3 is 5.32 Å². The zero-order valence-corrected chi connectivity index (χ0v) is 12.4. The highest BCUT2D eigenvalue weighted by atomic mass is 32.2. The van der Waals surface area contributed by atoms with Gasteiger partial charge in [0.2, 0.25) is 0 Å². The fraction of sp³-hybridized carbons (Fsp3) is 0.133. The Morgan fingerprint density at radius 1 is 1.10 bits per heavy atom. The normalized spacial score (nSPS) is 11.2. The van der Waals surface area contributed by atoms with Gasteiger partial charge in [-0.05, 0) is 48.9 Å². The molecular weight excluding hydrogens is 293 g/mol. The molecule has 0 radical (unpaired) electrons. The lowest BCUT2D eigenvalue weighted by molar-refractivity contribution is 0.102. The minimum Gasteiger partial charge on any atom is -0.322 e. The van der Waals surface area contributed by atoms with Crippen LogP contribution < -0.4 is 5.32 Å². The zero-order valence-electron chi connectivity index (χ0n) is 11.6. The maximum absolute atomic E-state index is 13.4. The van der Waals surface area contributed by atoms with Crippen molar-refractivity contribution >= 4 is 21.4 Å². The molecule has 0 fully saturated rings. The van der Waals surface area contributed by atoms with Crippen molar-refractivity contribution in [2.45, 2.75) is 11.8 Å². The summed E-state index contributed by atoms with van der Waals surface area (Å²) in [5.74, 6) is -0.835. The molecule has 21 heavy (non-hydrogen) atoms. The lowest BCUT2D eigenvalue weighted by Gasteiger charge is -2.07. The number of hydrogen-bond acceptors (Lipinski definition) is 3. The van der Waals surface area contributed by atoms with Gasteiger partial charge in [-0.2, -0.15) is 0 Å². The Balaban J connectivity index is 2.18. The van der Waals surface area contributed by atoms with Crippen LogP contribution in [0.2, 0.25) is 0 Å². The number of benzene rings is 2. The van der Waals surface area contributed by atoms with E-state index >= 15 is 0 Å². The third kappa shape index (κ3) is 3.66. The first kappa shape index (κ1) is 15.2. The molecule has 6 heteroatoms. The van der Waals surface area contributed by atoms with E-state index in [0.717, 1.165) is 6.26 Å². The number of rotatable bonds is 3. The van der Waals surface area contributed by atoms with Crippen LogP contribution in [-0.2, 0) is 9.84 Å². The fourth-order valence-electron chi connectivity index (χ4n) is 1.73. The summed E-state index contributed by atoms with van der Waals surface area (Å²) in [6.07, 6.45) is 1.09. The van der Waals surface area contributed by atoms with Gasteiger partial charge in [0.1, 0.15) is 5.82 Å². The van der Waals surface area contributed by atoms with E-state index in [1.165, 1.54) is 30.3 Å². The second-order valence-electron chi connectivity index (χ2n) is 4.71. The molecule has 0 aliphatic heterocycles. The van der Waals surface area contributed by atoms with E-state index in [2.05, 4.69) is 5.32 Å². The van der Waals surface area contributed by atoms with Crippen LogP contribution in [0.15, 0.2) is 47.4 Å². The van der Waals surface area contributed by atoms with Crippen LogP contribution >= 0.6 is 0 Å². The molecule has 0 bridgehead atoms. The lowest BCUT2D eigenvalue weighted by Crippen LogP contribution is -2.12. The molecule has 2 aromatic rings. The number of halogens is 1. The molecule has 0 saturated heterocycles. The van der Waals surface area contributed by atoms with Crippen LogP contribution in [0.5, 0.6) is 0 Å². The fourth-order valence-corrected chi connectivity index (χ4v) is 2.36. The number of carbonyl (C=O) groups excluding carboxylic acids is 1. The molecule has 2 aromatic carbocycles. The van der Waals surface area contributed by atoms with Crippen molar-refractivity contribution in [1.29, 1.82) is 0 Å². The van der Waals surface area contributed by atoms with Crippen molar-refractivity contribution in [3.05, 3.63) is 59.4 Å². The number of amides is 1. The Labute approximate surface area is 122 Å². The largest absolute Gasteiger partial charge is 0.322 e. The van der Waals surface area contributed by atoms with Gasteiger partial charge in [-0.15, -0.1) is 0 Å². The van der Waals surface area contributed by atoms with E-state index in [4.69, 9.17) is 0 Å². The van der Waals surface area contributed by atoms with Gasteiger partial charge in [-0.1, -0.05) is 6.07 Å². The average molecular weight is 307 g/mol. The number of anilines is 1. The van der Waals surface area contributed by atoms with Gasteiger partial charge in [0, 0.05) is 17.5 Å². The molecule has 1 N–H and O–H groups in total. The van der Waals surface area contributed by atoms with Crippen LogP contribution in [0.4, 0.5) is 10.1 Å². The Bertz CT molecular complexity index is 783. The highest BCUT2D eigenvalue weighted by Gasteiger charge is 2.10. The molecule has 0 saturated carbocycles. The smallest absolute Gasteiger partial charge is 0.255 e. The first-order valence-electron chi connectivity index (χ1n) is 6.15. The van der Waals surface area contributed by atoms with Gasteiger partial charge >= 0.3 is 0 Å². The van der Waals surface area contributed by atoms with Crippen molar-refractivity contribution in [2.24, 2.45) is 0 Å². The first-order valence-corrected chi connectivity index (χ1v) is 8.04. The Morgan fingerprint density at radius 3 is 2.24 bits per heavy atom. The van der Waals surface area contributed by atoms with Crippen molar-refractivity contribution in [3.63, 3.8) is 0 Å². The second kappa shape index (κ2) is 5.65. The van der Waals surface area contributed by atoms with Crippen LogP contribution in [0.25, 0.3) is 0 Å². The topological polar surface area (TPSA) is 63.2 Å². The number of nitrogens with one attached hydrogen (secondary N) is 1. The Morgan fingerprint density at radius 2 is 1.71 bits per heavy atom. The lowest BCUT2D eigenvalue weighted by atomic mass is 10.2. The molecule has 2 rings (SSSR count). The van der Waals surface area contributed by atoms with Gasteiger partial charge in [0.05, 0.1) is 4.90 Å². The quantitative estimate of drug-likeness (QED) is 0.948. The first-order chi connectivity index (χ1) is 9.77. The van der Waals surface area contributed by atoms with Gasteiger partial charge in [0.25, 0.3) is 5.91 Å². The van der Waals surface area contributed by atoms with E-state index in [1.807, 2.05) is 0 Å². The van der Waals surface area contributed by atoms with Gasteiger partial charge in [0.15, 0.2) is 9.84 Å². The molecule has 110 valence electrons. The van der Waals surface area contributed by atoms with E-state index < -0.39 is 21.6 Å². The standard InChI is InChI=1S/C15H14FNO3S/c1-10-3-6-12(9-14(10)16)17-15(18)11-4-7-13(8-5-11)21(2,19)20/h3-9H,1-2H3,(H,17,18). The minimum atomic E-state index is -3.30. The summed E-state index contributed by atoms with van der Waals surface area (Å²) < 4.78 is 36.1. The Kier molecular flexibility index (Phi) is 4.09. The van der Waals surface area contributed by atoms with Crippen molar-refractivity contribution in [3.8, 4) is 0 Å². The average Bonchev–Trinajstić information content (AvgIpc) is 2.42. The van der Waals surface area contributed by atoms with Crippen LogP contribution in [0.1, 0.15) is 15.9 Å². The summed E-state index contributed by atoms with van der Waals surface area (Å²) in [5, 5.41) is 2.56. The number of sulfone groups is 1. The monoisotopic (exact) mass is 307 g/mol. The molecule has 0 aromatic heterocycles. The third-order valence-corrected chi connectivity index (χ3v) is 4.10. The molecule has 0 heterocycles. The van der Waals surface area contributed by atoms with Crippen molar-refractivity contribution in [2.75, 3.05) is 11.6 Å². The molecule has 0 aliphatic rings. The maximum atomic E-state index is 13.4. The maximum Gasteiger partial charge on any atom is 0.255 e. The highest BCUT2D eigenvalue weighted by Crippen LogP contribution is 2.16. The van der Waals surface area contributed by atoms with Gasteiger partial charge in [-0.25, -0.2) is 12.8 Å². The molecule has 1 amide bonds. The molecule has 0 aliphatic carbocycles. The summed E-state index contributed by atoms with van der Waals surface area (Å²) in [6, 6.07) is 9.95. The summed E-state index contributed by atoms with van der Waals surface area (Å²) in [7, 11) is -3.30. The molecule has 0 atom stereocenters. The SMILES string of the molecule is Cc1ccc(NC(=O)c2ccc(S(C)(=O)=O)cc2)cc1F. The van der Waals surface area contributed by atoms with E-state index in [9.17, 15) is 17.6 Å². The number of hydrogen-bond donors (Lipinski definition) is 1. The molecule has 0 spiro atoms. The predicted molar refractivity (Wildman–Crippen MR) is 78.6 cm³/mol. The summed E-state index contributed by atoms with van der Waals surface area (Å²) in [6.45, 7) is 1.63. The van der Waals surface area contributed by atoms with E-state index in [0.29, 0.717) is 16.8 Å². The van der Waals surface area contributed by atoms with Crippen molar-refractivity contribution in [1.82, 2.24) is 0 Å². The summed E-state index contributed by atoms with van der Waals surface area (Å²) in [4.78, 5) is 12.1. The Hall–Kier alpha value is -2.21. The van der Waals surface area contributed by atoms with Gasteiger partial charge in [-0.3, -0.25) is 4.79 Å². The van der Waals surface area contributed by atoms with Crippen LogP contribution in [-0.4, -0.2) is 20.6 Å². The molecule has 4 nitrogen and oxygen atoms in total. The predicted octanol–water partition coefficient (Wildman–Crippen LogP) is 2.79. The summed E-state index contributed by atoms with van der Waals surface area (Å²) in [5.41, 5.74) is 1.13. The summed E-state index contributed by atoms with van der Waals surface area (Å²) >= 11 is 0. The molecule has 0 unspecified atom stereocenters. The van der Waals surface area contributed by atoms with E-state index in [-0.39, 0.29) is 4.90 Å². The molecular formula is C15H14FNO3S. The zero-order chi connectivity index (χ0) is 15.6. The third-order valence-electron chi connectivity index (χ3n) is 2.97. The van der Waals surface area contributed by atoms with Crippen molar-refractivity contribution < 1.29 is 17.6 Å². The number of aryl methyl sites for hydroxylation is 1. The van der Waals surface area contributed by atoms with Crippen LogP contribution in [0, 0.1) is 12.7 Å².